The Hall–Kier alpha value is -4.16. The number of tetrazole rings is 1. The number of aliphatic carboxylic acids is 1. The second-order valence-corrected chi connectivity index (χ2v) is 13.9. The van der Waals surface area contributed by atoms with Crippen molar-refractivity contribution in [3.63, 3.8) is 0 Å². The molecule has 0 spiro atoms. The highest BCUT2D eigenvalue weighted by Gasteiger charge is 2.54. The highest BCUT2D eigenvalue weighted by molar-refractivity contribution is 8.01. The number of β-lactam (4-membered cyclic amide) rings is 1. The van der Waals surface area contributed by atoms with Gasteiger partial charge in [0.25, 0.3) is 5.91 Å². The van der Waals surface area contributed by atoms with Crippen molar-refractivity contribution in [3.05, 3.63) is 94.4 Å². The first-order valence-electron chi connectivity index (χ1n) is 14.7. The highest BCUT2D eigenvalue weighted by Crippen LogP contribution is 2.41. The molecule has 1 saturated heterocycles. The topological polar surface area (TPSA) is 180 Å². The third-order valence-electron chi connectivity index (χ3n) is 6.96. The van der Waals surface area contributed by atoms with Crippen LogP contribution >= 0.6 is 34.9 Å². The summed E-state index contributed by atoms with van der Waals surface area (Å²) in [5.74, 6) is -1.19. The van der Waals surface area contributed by atoms with Crippen molar-refractivity contribution in [2.45, 2.75) is 42.3 Å². The Morgan fingerprint density at radius 1 is 1.00 bits per heavy atom. The molecule has 0 radical (unpaired) electrons. The molecule has 2 atom stereocenters. The molecule has 246 valence electrons. The van der Waals surface area contributed by atoms with Gasteiger partial charge >= 0.3 is 5.97 Å². The molecular weight excluding hydrogens is 661 g/mol. The number of carboxylic acid groups (broad SMARTS) is 1. The van der Waals surface area contributed by atoms with Gasteiger partial charge in [0, 0.05) is 37.7 Å². The summed E-state index contributed by atoms with van der Waals surface area (Å²) in [4.78, 5) is 37.8. The average Bonchev–Trinajstić information content (AvgIpc) is 3.76. The van der Waals surface area contributed by atoms with Crippen LogP contribution in [-0.2, 0) is 34.0 Å². The van der Waals surface area contributed by atoms with Crippen LogP contribution in [0.2, 0.25) is 0 Å². The number of nitrogens with zero attached hydrogens (tertiary/aromatic N) is 7. The lowest BCUT2D eigenvalue weighted by Gasteiger charge is -2.49. The monoisotopic (exact) mass is 694 g/mol. The van der Waals surface area contributed by atoms with Gasteiger partial charge in [-0.1, -0.05) is 83.8 Å². The number of fused-ring (bicyclic) bond motifs is 1. The lowest BCUT2D eigenvalue weighted by atomic mass is 10.0. The van der Waals surface area contributed by atoms with Crippen LogP contribution < -0.4 is 16.0 Å². The van der Waals surface area contributed by atoms with E-state index in [1.807, 2.05) is 19.1 Å². The molecule has 2 aromatic carbocycles. The number of thioether (sulfide) groups is 2. The number of carboxylic acids is 1. The summed E-state index contributed by atoms with van der Waals surface area (Å²) in [7, 11) is 0. The maximum absolute atomic E-state index is 12.6. The van der Waals surface area contributed by atoms with Crippen molar-refractivity contribution < 1.29 is 19.5 Å². The van der Waals surface area contributed by atoms with Gasteiger partial charge in [-0.05, 0) is 34.1 Å². The number of carbonyl (C=O) groups excluding carboxylic acids is 2. The van der Waals surface area contributed by atoms with Crippen LogP contribution in [0.25, 0.3) is 0 Å². The first-order chi connectivity index (χ1) is 22.9. The van der Waals surface area contributed by atoms with Crippen molar-refractivity contribution in [2.75, 3.05) is 24.6 Å². The zero-order valence-electron chi connectivity index (χ0n) is 25.5. The van der Waals surface area contributed by atoms with Crippen LogP contribution in [0.4, 0.5) is 0 Å². The Kier molecular flexibility index (Phi) is 12.5. The van der Waals surface area contributed by atoms with Crippen LogP contribution in [0.5, 0.6) is 0 Å². The summed E-state index contributed by atoms with van der Waals surface area (Å²) in [6, 6.07) is 20.2. The van der Waals surface area contributed by atoms with Crippen molar-refractivity contribution in [2.24, 2.45) is 0 Å². The third-order valence-corrected chi connectivity index (χ3v) is 10.4. The van der Waals surface area contributed by atoms with Crippen LogP contribution in [0.3, 0.4) is 0 Å². The highest BCUT2D eigenvalue weighted by atomic mass is 32.2. The maximum Gasteiger partial charge on any atom is 0.352 e. The zero-order valence-corrected chi connectivity index (χ0v) is 27.9. The number of aromatic nitrogens is 6. The van der Waals surface area contributed by atoms with Crippen molar-refractivity contribution in [1.29, 1.82) is 0 Å². The smallest absolute Gasteiger partial charge is 0.352 e. The summed E-state index contributed by atoms with van der Waals surface area (Å²) < 4.78 is 1.98. The molecule has 2 aromatic heterocycles. The largest absolute Gasteiger partial charge is 0.477 e. The molecule has 1 fully saturated rings. The summed E-state index contributed by atoms with van der Waals surface area (Å²) in [5, 5.41) is 38.0. The molecule has 4 aromatic rings. The summed E-state index contributed by atoms with van der Waals surface area (Å²) >= 11 is 4.24. The van der Waals surface area contributed by atoms with E-state index in [2.05, 4.69) is 90.2 Å². The van der Waals surface area contributed by atoms with Gasteiger partial charge in [0.05, 0.1) is 0 Å². The van der Waals surface area contributed by atoms with Crippen LogP contribution in [-0.4, -0.2) is 94.2 Å². The normalized spacial score (nSPS) is 17.0. The minimum Gasteiger partial charge on any atom is -0.477 e. The SMILES string of the molecule is Cc1nnc(SCC2=C(C(=O)O)N3C(=O)[C@@H](NC(=O)Cn4cnnn4)[C@H]3SC2)s1.c1ccc(CNCCNCc2ccccc2)cc1. The van der Waals surface area contributed by atoms with Crippen molar-refractivity contribution in [1.82, 2.24) is 51.3 Å². The lowest BCUT2D eigenvalue weighted by Crippen LogP contribution is -2.70. The Morgan fingerprint density at radius 2 is 1.66 bits per heavy atom. The first kappa shape index (κ1) is 34.2. The summed E-state index contributed by atoms with van der Waals surface area (Å²) in [6.45, 7) is 5.57. The third kappa shape index (κ3) is 9.68. The van der Waals surface area contributed by atoms with Gasteiger partial charge in [-0.25, -0.2) is 9.48 Å². The summed E-state index contributed by atoms with van der Waals surface area (Å²) in [5.41, 5.74) is 3.29. The van der Waals surface area contributed by atoms with Crippen LogP contribution in [0, 0.1) is 6.92 Å². The van der Waals surface area contributed by atoms with Crippen molar-refractivity contribution >= 4 is 52.6 Å². The molecular formula is C30H34N10O4S3. The van der Waals surface area contributed by atoms with Gasteiger partial charge in [0.1, 0.15) is 35.0 Å². The number of rotatable bonds is 14. The predicted molar refractivity (Wildman–Crippen MR) is 179 cm³/mol. The van der Waals surface area contributed by atoms with Crippen LogP contribution in [0.15, 0.2) is 82.6 Å². The number of amides is 2. The molecule has 4 N–H and O–H groups in total. The molecule has 0 saturated carbocycles. The molecule has 6 rings (SSSR count). The fourth-order valence-corrected chi connectivity index (χ4v) is 8.03. The zero-order chi connectivity index (χ0) is 33.0. The van der Waals surface area contributed by atoms with Gasteiger partial charge in [0.15, 0.2) is 4.34 Å². The van der Waals surface area contributed by atoms with Gasteiger partial charge < -0.3 is 21.1 Å². The van der Waals surface area contributed by atoms with E-state index < -0.39 is 29.2 Å². The number of hydrogen-bond acceptors (Lipinski definition) is 13. The number of hydrogen-bond donors (Lipinski definition) is 4. The van der Waals surface area contributed by atoms with E-state index in [0.29, 0.717) is 17.1 Å². The molecule has 4 heterocycles. The molecule has 14 nitrogen and oxygen atoms in total. The van der Waals surface area contributed by atoms with Gasteiger partial charge in [-0.3, -0.25) is 14.5 Å². The second kappa shape index (κ2) is 17.1. The average molecular weight is 695 g/mol. The number of benzene rings is 2. The quantitative estimate of drug-likeness (QED) is 0.0855. The molecule has 2 aliphatic rings. The number of carbonyl (C=O) groups is 3. The van der Waals surface area contributed by atoms with E-state index in [4.69, 9.17) is 0 Å². The maximum atomic E-state index is 12.6. The van der Waals surface area contributed by atoms with E-state index in [1.54, 1.807) is 0 Å². The molecule has 47 heavy (non-hydrogen) atoms. The fourth-order valence-electron chi connectivity index (χ4n) is 4.73. The molecule has 17 heteroatoms. The van der Waals surface area contributed by atoms with Gasteiger partial charge in [0.2, 0.25) is 5.91 Å². The Morgan fingerprint density at radius 3 is 2.21 bits per heavy atom. The molecule has 0 bridgehead atoms. The lowest BCUT2D eigenvalue weighted by molar-refractivity contribution is -0.150. The van der Waals surface area contributed by atoms with Gasteiger partial charge in [-0.2, -0.15) is 0 Å². The van der Waals surface area contributed by atoms with E-state index in [0.717, 1.165) is 35.5 Å². The Balaban J connectivity index is 0.000000207. The predicted octanol–water partition coefficient (Wildman–Crippen LogP) is 1.93. The number of nitrogens with one attached hydrogen (secondary N) is 3. The molecule has 2 amide bonds. The van der Waals surface area contributed by atoms with E-state index in [-0.39, 0.29) is 12.2 Å². The second-order valence-electron chi connectivity index (χ2n) is 10.4. The standard InChI is InChI=1S/C16H20N2.C14H14N8O4S3/c1-3-7-15(8-4-1)13-17-11-12-18-14-16-9-5-2-6-10-16;1-6-17-18-14(29-6)28-4-7-3-27-12-9(11(24)22(12)10(7)13(25)26)16-8(23)2-21-5-15-19-20-21/h1-10,17-18H,11-14H2;5,9,12H,2-4H2,1H3,(H,16,23)(H,25,26)/t;9-,12-/m.1/s1. The number of aryl methyl sites for hydroxylation is 1. The molecule has 2 aliphatic heterocycles. The van der Waals surface area contributed by atoms with Crippen LogP contribution in [0.1, 0.15) is 16.1 Å². The van der Waals surface area contributed by atoms with E-state index in [1.165, 1.54) is 61.9 Å². The Labute approximate surface area is 283 Å². The fraction of sp³-hybridized carbons (Fsp3) is 0.333. The Bertz CT molecular complexity index is 1610. The van der Waals surface area contributed by atoms with Crippen molar-refractivity contribution in [3.8, 4) is 0 Å². The molecule has 0 unspecified atom stereocenters. The summed E-state index contributed by atoms with van der Waals surface area (Å²) in [6.07, 6.45) is 1.29. The minimum absolute atomic E-state index is 0.0153. The van der Waals surface area contributed by atoms with E-state index in [9.17, 15) is 19.5 Å². The van der Waals surface area contributed by atoms with Gasteiger partial charge in [-0.15, -0.1) is 27.1 Å². The molecule has 0 aliphatic carbocycles. The van der Waals surface area contributed by atoms with E-state index >= 15 is 0 Å². The first-order valence-corrected chi connectivity index (χ1v) is 17.6. The minimum atomic E-state index is -1.16.